The van der Waals surface area contributed by atoms with Crippen molar-refractivity contribution in [2.45, 2.75) is 38.3 Å². The molecule has 2 heterocycles. The van der Waals surface area contributed by atoms with Gasteiger partial charge in [0, 0.05) is 35.7 Å². The highest BCUT2D eigenvalue weighted by Gasteiger charge is 2.39. The Hall–Kier alpha value is -7.58. The molecule has 4 atom stereocenters. The van der Waals surface area contributed by atoms with Crippen LogP contribution in [0.3, 0.4) is 0 Å². The number of allylic oxidation sites excluding steroid dienone is 2. The Labute approximate surface area is 329 Å². The highest BCUT2D eigenvalue weighted by atomic mass is 16.6. The molecule has 2 aliphatic heterocycles. The van der Waals surface area contributed by atoms with E-state index in [9.17, 15) is 50.0 Å². The molecule has 58 heavy (non-hydrogen) atoms. The van der Waals surface area contributed by atoms with Crippen molar-refractivity contribution < 1.29 is 38.8 Å². The number of carbonyl (C=O) groups is 2. The Morgan fingerprint density at radius 2 is 0.741 bits per heavy atom. The molecular weight excluding hydrogens is 760 g/mol. The van der Waals surface area contributed by atoms with Crippen molar-refractivity contribution in [3.8, 4) is 0 Å². The van der Waals surface area contributed by atoms with Crippen molar-refractivity contribution in [1.82, 2.24) is 21.3 Å². The summed E-state index contributed by atoms with van der Waals surface area (Å²) in [5.74, 6) is -1.32. The molecule has 0 fully saturated rings. The lowest BCUT2D eigenvalue weighted by Gasteiger charge is -2.34. The average Bonchev–Trinajstić information content (AvgIpc) is 3.22. The van der Waals surface area contributed by atoms with Crippen LogP contribution in [0.5, 0.6) is 0 Å². The van der Waals surface area contributed by atoms with E-state index < -0.39 is 56.0 Å². The predicted molar refractivity (Wildman–Crippen MR) is 205 cm³/mol. The molecule has 2 aliphatic rings. The maximum Gasteiger partial charge on any atom is 0.337 e. The van der Waals surface area contributed by atoms with Crippen LogP contribution in [-0.4, -0.2) is 45.9 Å². The molecule has 0 amide bonds. The molecule has 0 aromatic heterocycles. The first-order chi connectivity index (χ1) is 27.7. The van der Waals surface area contributed by atoms with Crippen molar-refractivity contribution >= 4 is 34.7 Å². The molecule has 0 saturated carbocycles. The zero-order valence-corrected chi connectivity index (χ0v) is 31.2. The maximum atomic E-state index is 12.4. The zero-order chi connectivity index (χ0) is 42.3. The van der Waals surface area contributed by atoms with Gasteiger partial charge >= 0.3 is 11.9 Å². The van der Waals surface area contributed by atoms with Crippen LogP contribution >= 0.6 is 0 Å². The molecule has 0 saturated heterocycles. The number of nitrogens with zero attached hydrogens (tertiary/aromatic N) is 4. The number of methoxy groups -OCH3 is 2. The van der Waals surface area contributed by atoms with E-state index in [0.29, 0.717) is 22.5 Å². The van der Waals surface area contributed by atoms with E-state index in [1.807, 2.05) is 0 Å². The number of rotatable bonds is 10. The highest BCUT2D eigenvalue weighted by Crippen LogP contribution is 2.39. The molecule has 4 N–H and O–H groups in total. The molecule has 0 bridgehead atoms. The summed E-state index contributed by atoms with van der Waals surface area (Å²) in [6.45, 7) is 3.24. The van der Waals surface area contributed by atoms with Crippen LogP contribution in [0.2, 0.25) is 0 Å². The van der Waals surface area contributed by atoms with Gasteiger partial charge in [0.25, 0.3) is 22.7 Å². The van der Waals surface area contributed by atoms with Gasteiger partial charge in [0.15, 0.2) is 0 Å². The maximum absolute atomic E-state index is 12.4. The lowest BCUT2D eigenvalue weighted by molar-refractivity contribution is -0.386. The van der Waals surface area contributed by atoms with E-state index in [1.54, 1.807) is 62.4 Å². The smallest absolute Gasteiger partial charge is 0.337 e. The Balaban J connectivity index is 0.000000221. The van der Waals surface area contributed by atoms with Crippen LogP contribution in [-0.2, 0) is 19.1 Å². The molecule has 20 nitrogen and oxygen atoms in total. The van der Waals surface area contributed by atoms with Crippen LogP contribution in [0, 0.1) is 40.5 Å². The molecule has 4 aromatic rings. The van der Waals surface area contributed by atoms with Gasteiger partial charge in [-0.2, -0.15) is 0 Å². The number of hydrogen-bond acceptors (Lipinski definition) is 16. The number of hydrogen-bond donors (Lipinski definition) is 4. The monoisotopic (exact) mass is 796 g/mol. The second-order valence-electron chi connectivity index (χ2n) is 12.7. The second-order valence-corrected chi connectivity index (χ2v) is 12.7. The van der Waals surface area contributed by atoms with Gasteiger partial charge in [-0.25, -0.2) is 9.59 Å². The third kappa shape index (κ3) is 8.62. The topological polar surface area (TPSA) is 273 Å². The normalized spacial score (nSPS) is 18.7. The van der Waals surface area contributed by atoms with Gasteiger partial charge in [-0.3, -0.25) is 51.1 Å². The van der Waals surface area contributed by atoms with Crippen LogP contribution in [0.4, 0.5) is 22.7 Å². The molecule has 0 radical (unpaired) electrons. The first kappa shape index (κ1) is 41.6. The van der Waals surface area contributed by atoms with Gasteiger partial charge in [0.05, 0.1) is 79.4 Å². The Morgan fingerprint density at radius 1 is 0.483 bits per heavy atom. The fourth-order valence-corrected chi connectivity index (χ4v) is 6.78. The largest absolute Gasteiger partial charge is 0.466 e. The van der Waals surface area contributed by atoms with Crippen molar-refractivity contribution in [3.63, 3.8) is 0 Å². The minimum Gasteiger partial charge on any atom is -0.466 e. The van der Waals surface area contributed by atoms with E-state index >= 15 is 0 Å². The van der Waals surface area contributed by atoms with Crippen molar-refractivity contribution in [2.24, 2.45) is 0 Å². The number of esters is 2. The Morgan fingerprint density at radius 3 is 1.02 bits per heavy atom. The lowest BCUT2D eigenvalue weighted by atomic mass is 9.92. The number of para-hydroxylation sites is 4. The number of carbonyl (C=O) groups excluding carboxylic acids is 2. The molecular formula is C38H36N8O12. The highest BCUT2D eigenvalue weighted by molar-refractivity contribution is 5.92. The summed E-state index contributed by atoms with van der Waals surface area (Å²) in [5.41, 5.74) is 1.72. The molecule has 20 heteroatoms. The van der Waals surface area contributed by atoms with E-state index in [1.165, 1.54) is 62.8 Å². The number of nitrogens with one attached hydrogen (secondary N) is 4. The van der Waals surface area contributed by atoms with Crippen LogP contribution in [0.25, 0.3) is 0 Å². The number of ether oxygens (including phenoxy) is 2. The van der Waals surface area contributed by atoms with E-state index in [0.717, 1.165) is 0 Å². The standard InChI is InChI=1S/2C19H18N4O6/c2*1-11-16(19(24)29-2)17(12-7-3-5-9-14(12)22(25)26)21-18(20-11)13-8-4-6-10-15(13)23(27)28/h2*3-10,17-18,20-21H,1-2H3/t2*17-,18-/m10/s1. The SMILES string of the molecule is COC(=O)C1=C(C)N[C@@H](c2ccccc2[N+](=O)[O-])N[C@@H]1c1ccccc1[N+](=O)[O-].COC(=O)C1=C(C)N[C@H](c2ccccc2[N+](=O)[O-])N[C@H]1c1ccccc1[N+](=O)[O-]. The lowest BCUT2D eigenvalue weighted by Crippen LogP contribution is -2.44. The summed E-state index contributed by atoms with van der Waals surface area (Å²) in [7, 11) is 2.43. The van der Waals surface area contributed by atoms with Gasteiger partial charge in [-0.15, -0.1) is 0 Å². The number of nitro groups is 4. The summed E-state index contributed by atoms with van der Waals surface area (Å²) in [4.78, 5) is 68.7. The summed E-state index contributed by atoms with van der Waals surface area (Å²) >= 11 is 0. The zero-order valence-electron chi connectivity index (χ0n) is 31.2. The minimum absolute atomic E-state index is 0.117. The van der Waals surface area contributed by atoms with Gasteiger partial charge < -0.3 is 20.1 Å². The van der Waals surface area contributed by atoms with Crippen molar-refractivity contribution in [3.05, 3.63) is 182 Å². The Bertz CT molecular complexity index is 2200. The fourth-order valence-electron chi connectivity index (χ4n) is 6.78. The summed E-state index contributed by atoms with van der Waals surface area (Å²) < 4.78 is 9.72. The van der Waals surface area contributed by atoms with E-state index in [-0.39, 0.29) is 45.0 Å². The van der Waals surface area contributed by atoms with E-state index in [4.69, 9.17) is 9.47 Å². The first-order valence-corrected chi connectivity index (χ1v) is 17.3. The van der Waals surface area contributed by atoms with Gasteiger partial charge in [0.1, 0.15) is 12.3 Å². The molecule has 4 aromatic carbocycles. The predicted octanol–water partition coefficient (Wildman–Crippen LogP) is 5.77. The van der Waals surface area contributed by atoms with E-state index in [2.05, 4.69) is 21.3 Å². The van der Waals surface area contributed by atoms with Gasteiger partial charge in [-0.1, -0.05) is 60.7 Å². The first-order valence-electron chi connectivity index (χ1n) is 17.3. The molecule has 0 unspecified atom stereocenters. The third-order valence-corrected chi connectivity index (χ3v) is 9.36. The molecule has 0 spiro atoms. The van der Waals surface area contributed by atoms with Crippen molar-refractivity contribution in [1.29, 1.82) is 0 Å². The Kier molecular flexibility index (Phi) is 12.8. The number of benzene rings is 4. The van der Waals surface area contributed by atoms with Crippen LogP contribution in [0.1, 0.15) is 60.5 Å². The fraction of sp³-hybridized carbons (Fsp3) is 0.211. The minimum atomic E-state index is -0.907. The van der Waals surface area contributed by atoms with Crippen molar-refractivity contribution in [2.75, 3.05) is 14.2 Å². The van der Waals surface area contributed by atoms with Gasteiger partial charge in [-0.05, 0) is 26.0 Å². The summed E-state index contributed by atoms with van der Waals surface area (Å²) in [6, 6.07) is 22.5. The van der Waals surface area contributed by atoms with Crippen LogP contribution < -0.4 is 21.3 Å². The summed E-state index contributed by atoms with van der Waals surface area (Å²) in [6.07, 6.45) is -1.51. The summed E-state index contributed by atoms with van der Waals surface area (Å²) in [5, 5.41) is 58.2. The van der Waals surface area contributed by atoms with Crippen LogP contribution in [0.15, 0.2) is 120 Å². The second kappa shape index (κ2) is 17.9. The molecule has 300 valence electrons. The number of nitro benzene ring substituents is 4. The third-order valence-electron chi connectivity index (χ3n) is 9.36. The van der Waals surface area contributed by atoms with Gasteiger partial charge in [0.2, 0.25) is 0 Å². The quantitative estimate of drug-likeness (QED) is 0.0843. The average molecular weight is 797 g/mol. The molecule has 0 aliphatic carbocycles. The molecule has 6 rings (SSSR count).